The number of nitrogens with zero attached hydrogens (tertiary/aromatic N) is 2. The molecular formula is C14H9BrClN3O2S. The van der Waals surface area contributed by atoms with Crippen LogP contribution in [0.2, 0.25) is 4.34 Å². The zero-order valence-corrected chi connectivity index (χ0v) is 14.2. The average molecular weight is 399 g/mol. The molecule has 0 radical (unpaired) electrons. The summed E-state index contributed by atoms with van der Waals surface area (Å²) in [6, 6.07) is 11.1. The molecular weight excluding hydrogens is 390 g/mol. The molecule has 0 aliphatic carbocycles. The van der Waals surface area contributed by atoms with Gasteiger partial charge < -0.3 is 4.42 Å². The van der Waals surface area contributed by atoms with Crippen molar-refractivity contribution in [1.82, 2.24) is 10.2 Å². The van der Waals surface area contributed by atoms with Crippen molar-refractivity contribution < 1.29 is 9.21 Å². The molecule has 8 heteroatoms. The average Bonchev–Trinajstić information content (AvgIpc) is 3.09. The third-order valence-corrected chi connectivity index (χ3v) is 4.49. The van der Waals surface area contributed by atoms with Crippen LogP contribution in [0, 0.1) is 0 Å². The van der Waals surface area contributed by atoms with Gasteiger partial charge in [0.05, 0.1) is 10.8 Å². The van der Waals surface area contributed by atoms with Crippen LogP contribution in [0.4, 0.5) is 6.01 Å². The number of carbonyl (C=O) groups excluding carboxylic acids is 1. The highest BCUT2D eigenvalue weighted by atomic mass is 79.9. The first-order chi connectivity index (χ1) is 10.6. The molecule has 0 spiro atoms. The lowest BCUT2D eigenvalue weighted by Crippen LogP contribution is -2.13. The Labute approximate surface area is 143 Å². The number of carbonyl (C=O) groups is 1. The number of anilines is 1. The van der Waals surface area contributed by atoms with Gasteiger partial charge >= 0.3 is 6.01 Å². The van der Waals surface area contributed by atoms with E-state index in [1.165, 1.54) is 11.3 Å². The zero-order chi connectivity index (χ0) is 15.5. The number of thiophene rings is 1. The standard InChI is InChI=1S/C14H9BrClN3O2S/c15-9-3-1-8(2-4-9)13-18-19-14(21-13)17-12(20)7-10-5-6-11(16)22-10/h1-6H,7H2,(H,17,19,20). The third kappa shape index (κ3) is 3.73. The summed E-state index contributed by atoms with van der Waals surface area (Å²) >= 11 is 10.5. The van der Waals surface area contributed by atoms with E-state index in [9.17, 15) is 4.79 Å². The summed E-state index contributed by atoms with van der Waals surface area (Å²) in [6.45, 7) is 0. The summed E-state index contributed by atoms with van der Waals surface area (Å²) in [7, 11) is 0. The molecule has 5 nitrogen and oxygen atoms in total. The summed E-state index contributed by atoms with van der Waals surface area (Å²) in [5, 5.41) is 10.3. The topological polar surface area (TPSA) is 68.0 Å². The maximum absolute atomic E-state index is 11.9. The molecule has 2 heterocycles. The van der Waals surface area contributed by atoms with Gasteiger partial charge in [-0.25, -0.2) is 0 Å². The lowest BCUT2D eigenvalue weighted by molar-refractivity contribution is -0.115. The van der Waals surface area contributed by atoms with E-state index in [4.69, 9.17) is 16.0 Å². The van der Waals surface area contributed by atoms with Gasteiger partial charge in [-0.2, -0.15) is 0 Å². The lowest BCUT2D eigenvalue weighted by atomic mass is 10.2. The fourth-order valence-electron chi connectivity index (χ4n) is 1.75. The van der Waals surface area contributed by atoms with Crippen LogP contribution < -0.4 is 5.32 Å². The second kappa shape index (κ2) is 6.60. The molecule has 1 aromatic carbocycles. The predicted molar refractivity (Wildman–Crippen MR) is 89.1 cm³/mol. The molecule has 0 saturated carbocycles. The van der Waals surface area contributed by atoms with Gasteiger partial charge in [-0.05, 0) is 36.4 Å². The van der Waals surface area contributed by atoms with Crippen molar-refractivity contribution in [3.8, 4) is 11.5 Å². The molecule has 3 rings (SSSR count). The highest BCUT2D eigenvalue weighted by Gasteiger charge is 2.12. The Hall–Kier alpha value is -1.70. The molecule has 0 bridgehead atoms. The van der Waals surface area contributed by atoms with Gasteiger partial charge in [-0.3, -0.25) is 10.1 Å². The van der Waals surface area contributed by atoms with Crippen molar-refractivity contribution in [3.05, 3.63) is 50.1 Å². The van der Waals surface area contributed by atoms with Crippen molar-refractivity contribution in [1.29, 1.82) is 0 Å². The minimum absolute atomic E-state index is 0.0746. The first-order valence-electron chi connectivity index (χ1n) is 6.23. The van der Waals surface area contributed by atoms with E-state index in [1.807, 2.05) is 30.3 Å². The Balaban J connectivity index is 1.66. The minimum atomic E-state index is -0.232. The molecule has 0 fully saturated rings. The van der Waals surface area contributed by atoms with E-state index in [-0.39, 0.29) is 18.3 Å². The van der Waals surface area contributed by atoms with Gasteiger partial charge in [0, 0.05) is 14.9 Å². The van der Waals surface area contributed by atoms with Crippen LogP contribution in [-0.2, 0) is 11.2 Å². The van der Waals surface area contributed by atoms with Crippen LogP contribution in [0.3, 0.4) is 0 Å². The highest BCUT2D eigenvalue weighted by molar-refractivity contribution is 9.10. The van der Waals surface area contributed by atoms with Gasteiger partial charge in [0.2, 0.25) is 11.8 Å². The molecule has 1 N–H and O–H groups in total. The van der Waals surface area contributed by atoms with Crippen LogP contribution in [0.5, 0.6) is 0 Å². The lowest BCUT2D eigenvalue weighted by Gasteiger charge is -1.98. The third-order valence-electron chi connectivity index (χ3n) is 2.73. The van der Waals surface area contributed by atoms with Gasteiger partial charge in [0.15, 0.2) is 0 Å². The van der Waals surface area contributed by atoms with Crippen LogP contribution in [0.25, 0.3) is 11.5 Å². The summed E-state index contributed by atoms with van der Waals surface area (Å²) in [4.78, 5) is 12.8. The Kier molecular flexibility index (Phi) is 4.56. The van der Waals surface area contributed by atoms with Gasteiger partial charge in [0.25, 0.3) is 0 Å². The first kappa shape index (κ1) is 15.2. The van der Waals surface area contributed by atoms with Crippen molar-refractivity contribution in [2.24, 2.45) is 0 Å². The SMILES string of the molecule is O=C(Cc1ccc(Cl)s1)Nc1nnc(-c2ccc(Br)cc2)o1. The number of nitrogens with one attached hydrogen (secondary N) is 1. The molecule has 2 aromatic heterocycles. The maximum atomic E-state index is 11.9. The number of benzene rings is 1. The van der Waals surface area contributed by atoms with E-state index in [0.717, 1.165) is 14.9 Å². The maximum Gasteiger partial charge on any atom is 0.322 e. The number of aromatic nitrogens is 2. The van der Waals surface area contributed by atoms with Crippen LogP contribution in [0.15, 0.2) is 45.3 Å². The summed E-state index contributed by atoms with van der Waals surface area (Å²) < 4.78 is 7.04. The molecule has 0 unspecified atom stereocenters. The minimum Gasteiger partial charge on any atom is -0.403 e. The molecule has 1 amide bonds. The fraction of sp³-hybridized carbons (Fsp3) is 0.0714. The zero-order valence-electron chi connectivity index (χ0n) is 11.0. The molecule has 3 aromatic rings. The number of amides is 1. The Morgan fingerprint density at radius 3 is 2.68 bits per heavy atom. The normalized spacial score (nSPS) is 10.6. The monoisotopic (exact) mass is 397 g/mol. The Bertz CT molecular complexity index is 801. The molecule has 0 aliphatic heterocycles. The van der Waals surface area contributed by atoms with E-state index in [0.29, 0.717) is 10.2 Å². The van der Waals surface area contributed by atoms with E-state index >= 15 is 0 Å². The first-order valence-corrected chi connectivity index (χ1v) is 8.22. The van der Waals surface area contributed by atoms with Gasteiger partial charge in [0.1, 0.15) is 0 Å². The number of halogens is 2. The van der Waals surface area contributed by atoms with Crippen LogP contribution in [0.1, 0.15) is 4.88 Å². The highest BCUT2D eigenvalue weighted by Crippen LogP contribution is 2.23. The number of hydrogen-bond acceptors (Lipinski definition) is 5. The molecule has 112 valence electrons. The van der Waals surface area contributed by atoms with Gasteiger partial charge in [-0.15, -0.1) is 16.4 Å². The molecule has 0 atom stereocenters. The van der Waals surface area contributed by atoms with Crippen molar-refractivity contribution >= 4 is 50.8 Å². The second-order valence-corrected chi connectivity index (χ2v) is 7.07. The fourth-order valence-corrected chi connectivity index (χ4v) is 3.10. The molecule has 0 aliphatic rings. The smallest absolute Gasteiger partial charge is 0.322 e. The van der Waals surface area contributed by atoms with Crippen LogP contribution >= 0.6 is 38.9 Å². The summed E-state index contributed by atoms with van der Waals surface area (Å²) in [6.07, 6.45) is 0.216. The summed E-state index contributed by atoms with van der Waals surface area (Å²) in [5.41, 5.74) is 0.779. The summed E-state index contributed by atoms with van der Waals surface area (Å²) in [5.74, 6) is 0.117. The van der Waals surface area contributed by atoms with E-state index < -0.39 is 0 Å². The van der Waals surface area contributed by atoms with E-state index in [1.54, 1.807) is 6.07 Å². The Morgan fingerprint density at radius 2 is 2.00 bits per heavy atom. The number of rotatable bonds is 4. The Morgan fingerprint density at radius 1 is 1.23 bits per heavy atom. The van der Waals surface area contributed by atoms with Crippen LogP contribution in [-0.4, -0.2) is 16.1 Å². The van der Waals surface area contributed by atoms with E-state index in [2.05, 4.69) is 31.4 Å². The predicted octanol–water partition coefficient (Wildman–Crippen LogP) is 4.40. The van der Waals surface area contributed by atoms with Crippen molar-refractivity contribution in [2.45, 2.75) is 6.42 Å². The van der Waals surface area contributed by atoms with Gasteiger partial charge in [-0.1, -0.05) is 32.6 Å². The largest absolute Gasteiger partial charge is 0.403 e. The van der Waals surface area contributed by atoms with Crippen molar-refractivity contribution in [3.63, 3.8) is 0 Å². The molecule has 0 saturated heterocycles. The van der Waals surface area contributed by atoms with Crippen molar-refractivity contribution in [2.75, 3.05) is 5.32 Å². The quantitative estimate of drug-likeness (QED) is 0.707. The second-order valence-electron chi connectivity index (χ2n) is 4.35. The molecule has 22 heavy (non-hydrogen) atoms. The number of hydrogen-bond donors (Lipinski definition) is 1.